The molecule has 0 aromatic heterocycles. The smallest absolute Gasteiger partial charge is 0.223 e. The Kier molecular flexibility index (Phi) is 3.95. The van der Waals surface area contributed by atoms with Gasteiger partial charge in [-0.2, -0.15) is 0 Å². The molecule has 0 aliphatic carbocycles. The van der Waals surface area contributed by atoms with Crippen LogP contribution in [0.1, 0.15) is 30.7 Å². The second-order valence-corrected chi connectivity index (χ2v) is 6.75. The number of halogens is 2. The molecule has 0 radical (unpaired) electrons. The number of primary amides is 1. The van der Waals surface area contributed by atoms with Crippen molar-refractivity contribution in [3.05, 3.63) is 27.7 Å². The molecule has 2 aliphatic heterocycles. The lowest BCUT2D eigenvalue weighted by molar-refractivity contribution is -0.140. The number of nitrogens with zero attached hydrogens (tertiary/aromatic N) is 1. The summed E-state index contributed by atoms with van der Waals surface area (Å²) < 4.78 is 0. The Morgan fingerprint density at radius 1 is 1.32 bits per heavy atom. The van der Waals surface area contributed by atoms with Crippen molar-refractivity contribution in [3.8, 4) is 5.75 Å². The summed E-state index contributed by atoms with van der Waals surface area (Å²) in [5.74, 6) is -0.916. The van der Waals surface area contributed by atoms with E-state index < -0.39 is 11.8 Å². The monoisotopic (exact) mass is 342 g/mol. The second-order valence-electron chi connectivity index (χ2n) is 5.97. The van der Waals surface area contributed by atoms with Crippen LogP contribution >= 0.6 is 23.2 Å². The lowest BCUT2D eigenvalue weighted by atomic mass is 9.88. The average molecular weight is 343 g/mol. The van der Waals surface area contributed by atoms with Crippen molar-refractivity contribution in [2.75, 3.05) is 6.54 Å². The summed E-state index contributed by atoms with van der Waals surface area (Å²) in [5, 5.41) is 10.8. The van der Waals surface area contributed by atoms with E-state index in [0.717, 1.165) is 0 Å². The van der Waals surface area contributed by atoms with E-state index in [2.05, 4.69) is 0 Å². The first-order chi connectivity index (χ1) is 10.4. The zero-order chi connectivity index (χ0) is 16.0. The van der Waals surface area contributed by atoms with E-state index in [9.17, 15) is 14.7 Å². The van der Waals surface area contributed by atoms with Gasteiger partial charge in [0.1, 0.15) is 5.75 Å². The fourth-order valence-corrected chi connectivity index (χ4v) is 4.03. The maximum atomic E-state index is 12.2. The molecule has 0 saturated carbocycles. The Morgan fingerprint density at radius 2 is 2.05 bits per heavy atom. The van der Waals surface area contributed by atoms with Crippen molar-refractivity contribution in [2.24, 2.45) is 11.7 Å². The van der Waals surface area contributed by atoms with Crippen LogP contribution in [0.15, 0.2) is 12.1 Å². The van der Waals surface area contributed by atoms with Gasteiger partial charge in [0.15, 0.2) is 0 Å². The van der Waals surface area contributed by atoms with Gasteiger partial charge in [-0.15, -0.1) is 0 Å². The Morgan fingerprint density at radius 3 is 2.73 bits per heavy atom. The summed E-state index contributed by atoms with van der Waals surface area (Å²) in [6.45, 7) is 0.475. The van der Waals surface area contributed by atoms with Gasteiger partial charge >= 0.3 is 0 Å². The number of hydrogen-bond donors (Lipinski definition) is 2. The lowest BCUT2D eigenvalue weighted by Gasteiger charge is -2.33. The molecule has 3 rings (SSSR count). The largest absolute Gasteiger partial charge is 0.508 e. The Labute approximate surface area is 138 Å². The van der Waals surface area contributed by atoms with Crippen molar-refractivity contribution < 1.29 is 14.7 Å². The van der Waals surface area contributed by atoms with Crippen molar-refractivity contribution in [3.63, 3.8) is 0 Å². The predicted molar refractivity (Wildman–Crippen MR) is 82.9 cm³/mol. The molecule has 3 N–H and O–H groups in total. The summed E-state index contributed by atoms with van der Waals surface area (Å²) in [5.41, 5.74) is 5.91. The van der Waals surface area contributed by atoms with Crippen molar-refractivity contribution in [2.45, 2.75) is 31.2 Å². The van der Waals surface area contributed by atoms with E-state index in [-0.39, 0.29) is 30.0 Å². The summed E-state index contributed by atoms with van der Waals surface area (Å²) >= 11 is 12.2. The van der Waals surface area contributed by atoms with Gasteiger partial charge in [-0.3, -0.25) is 9.59 Å². The van der Waals surface area contributed by atoms with E-state index in [1.807, 2.05) is 0 Å². The molecule has 0 unspecified atom stereocenters. The normalized spacial score (nSPS) is 27.8. The van der Waals surface area contributed by atoms with Crippen molar-refractivity contribution in [1.82, 2.24) is 4.90 Å². The number of carbonyl (C=O) groups excluding carboxylic acids is 2. The highest BCUT2D eigenvalue weighted by molar-refractivity contribution is 6.42. The molecule has 0 spiro atoms. The van der Waals surface area contributed by atoms with Gasteiger partial charge in [-0.25, -0.2) is 0 Å². The number of aromatic hydroxyl groups is 1. The number of benzene rings is 1. The second kappa shape index (κ2) is 5.63. The molecular weight excluding hydrogens is 327 g/mol. The molecule has 2 aliphatic rings. The van der Waals surface area contributed by atoms with E-state index >= 15 is 0 Å². The number of amides is 2. The topological polar surface area (TPSA) is 83.6 Å². The lowest BCUT2D eigenvalue weighted by Crippen LogP contribution is -2.45. The number of piperidine rings is 1. The van der Waals surface area contributed by atoms with Gasteiger partial charge in [0, 0.05) is 36.4 Å². The first kappa shape index (κ1) is 15.4. The van der Waals surface area contributed by atoms with Crippen LogP contribution < -0.4 is 5.73 Å². The summed E-state index contributed by atoms with van der Waals surface area (Å²) in [6, 6.07) is 3.01. The zero-order valence-corrected chi connectivity index (χ0v) is 13.3. The standard InChI is InChI=1S/C15H16Cl2N2O3/c16-10-1-2-11(20)13(14(10)17)8-4-9-3-7(15(18)22)5-12(21)19(9)6-8/h1-2,7-9,20H,3-6H2,(H2,18,22)/t7-,8-,9+/m0/s1. The number of rotatable bonds is 2. The number of phenols is 1. The van der Waals surface area contributed by atoms with Crippen LogP contribution in [0.25, 0.3) is 0 Å². The average Bonchev–Trinajstić information content (AvgIpc) is 2.87. The molecule has 0 bridgehead atoms. The molecular formula is C15H16Cl2N2O3. The van der Waals surface area contributed by atoms with E-state index in [0.29, 0.717) is 35.0 Å². The highest BCUT2D eigenvalue weighted by Crippen LogP contribution is 2.45. The molecule has 5 nitrogen and oxygen atoms in total. The maximum Gasteiger partial charge on any atom is 0.223 e. The number of hydrogen-bond acceptors (Lipinski definition) is 3. The number of nitrogens with two attached hydrogens (primary N) is 1. The summed E-state index contributed by atoms with van der Waals surface area (Å²) in [4.78, 5) is 25.3. The number of fused-ring (bicyclic) bond motifs is 1. The minimum absolute atomic E-state index is 0.0433. The number of phenolic OH excluding ortho intramolecular Hbond substituents is 1. The van der Waals surface area contributed by atoms with Gasteiger partial charge in [-0.05, 0) is 25.0 Å². The van der Waals surface area contributed by atoms with Crippen LogP contribution in [-0.2, 0) is 9.59 Å². The van der Waals surface area contributed by atoms with Crippen LogP contribution in [0.4, 0.5) is 0 Å². The molecule has 2 amide bonds. The van der Waals surface area contributed by atoms with Crippen molar-refractivity contribution >= 4 is 35.0 Å². The maximum absolute atomic E-state index is 12.2. The van der Waals surface area contributed by atoms with Gasteiger partial charge in [0.2, 0.25) is 11.8 Å². The Bertz CT molecular complexity index is 650. The fourth-order valence-electron chi connectivity index (χ4n) is 3.56. The van der Waals surface area contributed by atoms with Crippen LogP contribution in [-0.4, -0.2) is 34.4 Å². The van der Waals surface area contributed by atoms with Crippen molar-refractivity contribution in [1.29, 1.82) is 0 Å². The molecule has 3 atom stereocenters. The molecule has 7 heteroatoms. The van der Waals surface area contributed by atoms with Crippen LogP contribution in [0, 0.1) is 5.92 Å². The third-order valence-corrected chi connectivity index (χ3v) is 5.45. The summed E-state index contributed by atoms with van der Waals surface area (Å²) in [7, 11) is 0. The third-order valence-electron chi connectivity index (χ3n) is 4.63. The summed E-state index contributed by atoms with van der Waals surface area (Å²) in [6.07, 6.45) is 1.37. The molecule has 2 saturated heterocycles. The molecule has 1 aromatic rings. The SMILES string of the molecule is NC(=O)[C@@H]1CC(=O)N2C[C@@H](c3c(O)ccc(Cl)c3Cl)C[C@H]2C1. The predicted octanol–water partition coefficient (Wildman–Crippen LogP) is 2.28. The Balaban J connectivity index is 1.88. The van der Waals surface area contributed by atoms with E-state index in [4.69, 9.17) is 28.9 Å². The molecule has 2 fully saturated rings. The highest BCUT2D eigenvalue weighted by atomic mass is 35.5. The van der Waals surface area contributed by atoms with Crippen LogP contribution in [0.5, 0.6) is 5.75 Å². The molecule has 2 heterocycles. The minimum Gasteiger partial charge on any atom is -0.508 e. The van der Waals surface area contributed by atoms with Crippen LogP contribution in [0.3, 0.4) is 0 Å². The van der Waals surface area contributed by atoms with Crippen LogP contribution in [0.2, 0.25) is 10.0 Å². The minimum atomic E-state index is -0.430. The first-order valence-electron chi connectivity index (χ1n) is 7.14. The quantitative estimate of drug-likeness (QED) is 0.864. The fraction of sp³-hybridized carbons (Fsp3) is 0.467. The van der Waals surface area contributed by atoms with Gasteiger partial charge in [-0.1, -0.05) is 23.2 Å². The van der Waals surface area contributed by atoms with E-state index in [1.165, 1.54) is 6.07 Å². The Hall–Kier alpha value is -1.46. The third kappa shape index (κ3) is 2.52. The zero-order valence-electron chi connectivity index (χ0n) is 11.8. The number of carbonyl (C=O) groups is 2. The van der Waals surface area contributed by atoms with Gasteiger partial charge in [0.05, 0.1) is 10.0 Å². The highest BCUT2D eigenvalue weighted by Gasteiger charge is 2.43. The van der Waals surface area contributed by atoms with E-state index in [1.54, 1.807) is 11.0 Å². The molecule has 1 aromatic carbocycles. The molecule has 22 heavy (non-hydrogen) atoms. The molecule has 118 valence electrons. The first-order valence-corrected chi connectivity index (χ1v) is 7.89. The van der Waals surface area contributed by atoms with Gasteiger partial charge < -0.3 is 15.7 Å². The van der Waals surface area contributed by atoms with Gasteiger partial charge in [0.25, 0.3) is 0 Å².